The number of fused-ring (bicyclic) bond motifs is 1. The van der Waals surface area contributed by atoms with Gasteiger partial charge in [0, 0.05) is 37.1 Å². The van der Waals surface area contributed by atoms with E-state index in [9.17, 15) is 14.0 Å². The van der Waals surface area contributed by atoms with Gasteiger partial charge in [-0.25, -0.2) is 4.39 Å². The molecule has 2 aromatic rings. The van der Waals surface area contributed by atoms with Gasteiger partial charge in [0.15, 0.2) is 5.78 Å². The third-order valence-corrected chi connectivity index (χ3v) is 3.70. The molecule has 0 fully saturated rings. The number of anilines is 1. The van der Waals surface area contributed by atoms with Gasteiger partial charge in [-0.3, -0.25) is 9.59 Å². The minimum atomic E-state index is -0.322. The van der Waals surface area contributed by atoms with Crippen LogP contribution in [0, 0.1) is 5.82 Å². The molecule has 1 aliphatic rings. The van der Waals surface area contributed by atoms with Crippen molar-refractivity contribution in [3.8, 4) is 0 Å². The molecule has 0 spiro atoms. The van der Waals surface area contributed by atoms with Crippen molar-refractivity contribution in [1.29, 1.82) is 0 Å². The van der Waals surface area contributed by atoms with E-state index in [0.717, 1.165) is 5.56 Å². The molecule has 21 heavy (non-hydrogen) atoms. The van der Waals surface area contributed by atoms with Crippen molar-refractivity contribution >= 4 is 17.4 Å². The summed E-state index contributed by atoms with van der Waals surface area (Å²) in [7, 11) is 1.83. The van der Waals surface area contributed by atoms with Crippen LogP contribution in [-0.4, -0.2) is 22.8 Å². The summed E-state index contributed by atoms with van der Waals surface area (Å²) in [6.07, 6.45) is 4.33. The van der Waals surface area contributed by atoms with E-state index in [1.807, 2.05) is 7.05 Å². The average molecular weight is 286 g/mol. The van der Waals surface area contributed by atoms with Crippen LogP contribution in [0.3, 0.4) is 0 Å². The van der Waals surface area contributed by atoms with E-state index in [1.54, 1.807) is 29.1 Å². The van der Waals surface area contributed by atoms with Gasteiger partial charge >= 0.3 is 0 Å². The first-order valence-corrected chi connectivity index (χ1v) is 6.78. The summed E-state index contributed by atoms with van der Waals surface area (Å²) in [5.41, 5.74) is 1.98. The van der Waals surface area contributed by atoms with Gasteiger partial charge in [-0.1, -0.05) is 0 Å². The fraction of sp³-hybridized carbons (Fsp3) is 0.250. The summed E-state index contributed by atoms with van der Waals surface area (Å²) in [6, 6.07) is 6.04. The highest BCUT2D eigenvalue weighted by molar-refractivity contribution is 6.06. The molecule has 0 radical (unpaired) electrons. The second kappa shape index (κ2) is 5.16. The van der Waals surface area contributed by atoms with E-state index in [4.69, 9.17) is 0 Å². The molecule has 4 nitrogen and oxygen atoms in total. The molecule has 1 amide bonds. The molecule has 0 saturated carbocycles. The normalized spacial score (nSPS) is 14.2. The smallest absolute Gasteiger partial charge is 0.227 e. The highest BCUT2D eigenvalue weighted by Crippen LogP contribution is 2.28. The lowest BCUT2D eigenvalue weighted by Gasteiger charge is -2.28. The third-order valence-electron chi connectivity index (χ3n) is 3.70. The Balaban J connectivity index is 1.88. The predicted octanol–water partition coefficient (Wildman–Crippen LogP) is 2.33. The number of carbonyl (C=O) groups is 2. The quantitative estimate of drug-likeness (QED) is 0.813. The molecule has 108 valence electrons. The van der Waals surface area contributed by atoms with Gasteiger partial charge in [0.2, 0.25) is 5.91 Å². The predicted molar refractivity (Wildman–Crippen MR) is 76.8 cm³/mol. The van der Waals surface area contributed by atoms with Crippen LogP contribution < -0.4 is 4.90 Å². The van der Waals surface area contributed by atoms with Crippen LogP contribution in [-0.2, 0) is 18.3 Å². The number of carbonyl (C=O) groups excluding carboxylic acids is 2. The van der Waals surface area contributed by atoms with Crippen molar-refractivity contribution in [3.63, 3.8) is 0 Å². The first kappa shape index (κ1) is 13.5. The third kappa shape index (κ3) is 2.59. The average Bonchev–Trinajstić information content (AvgIpc) is 2.88. The second-order valence-corrected chi connectivity index (χ2v) is 5.24. The van der Waals surface area contributed by atoms with Gasteiger partial charge in [0.1, 0.15) is 5.82 Å². The number of aryl methyl sites for hydroxylation is 2. The highest BCUT2D eigenvalue weighted by atomic mass is 19.1. The van der Waals surface area contributed by atoms with E-state index in [0.29, 0.717) is 24.1 Å². The van der Waals surface area contributed by atoms with Gasteiger partial charge < -0.3 is 9.47 Å². The molecular weight excluding hydrogens is 271 g/mol. The lowest BCUT2D eigenvalue weighted by atomic mass is 10.0. The summed E-state index contributed by atoms with van der Waals surface area (Å²) in [5, 5.41) is 0. The molecular formula is C16H15FN2O2. The van der Waals surface area contributed by atoms with Crippen molar-refractivity contribution in [1.82, 2.24) is 4.57 Å². The number of hydrogen-bond acceptors (Lipinski definition) is 2. The van der Waals surface area contributed by atoms with Crippen LogP contribution in [0.2, 0.25) is 0 Å². The Morgan fingerprint density at radius 3 is 2.81 bits per heavy atom. The number of ketones is 1. The van der Waals surface area contributed by atoms with Crippen molar-refractivity contribution in [3.05, 3.63) is 53.6 Å². The largest absolute Gasteiger partial charge is 0.357 e. The maximum absolute atomic E-state index is 13.3. The van der Waals surface area contributed by atoms with E-state index in [1.165, 1.54) is 17.0 Å². The molecule has 5 heteroatoms. The van der Waals surface area contributed by atoms with E-state index in [2.05, 4.69) is 0 Å². The summed E-state index contributed by atoms with van der Waals surface area (Å²) in [6.45, 7) is -0.0124. The minimum absolute atomic E-state index is 0.0124. The molecule has 3 rings (SSSR count). The molecule has 1 aliphatic heterocycles. The van der Waals surface area contributed by atoms with Gasteiger partial charge in [-0.05, 0) is 36.2 Å². The van der Waals surface area contributed by atoms with E-state index in [-0.39, 0.29) is 24.1 Å². The molecule has 0 bridgehead atoms. The fourth-order valence-corrected chi connectivity index (χ4v) is 2.61. The van der Waals surface area contributed by atoms with Crippen molar-refractivity contribution in [2.75, 3.05) is 11.4 Å². The second-order valence-electron chi connectivity index (χ2n) is 5.24. The Bertz CT molecular complexity index is 721. The molecule has 1 aromatic heterocycles. The SMILES string of the molecule is Cn1ccc(C(=O)CN2C(=O)CCc3cc(F)ccc32)c1. The standard InChI is InChI=1S/C16H15FN2O2/c1-18-7-6-12(9-18)15(20)10-19-14-4-3-13(17)8-11(14)2-5-16(19)21/h3-4,6-9H,2,5,10H2,1H3. The number of halogens is 1. The number of Topliss-reactive ketones (excluding diaryl/α,β-unsaturated/α-hetero) is 1. The topological polar surface area (TPSA) is 42.3 Å². The van der Waals surface area contributed by atoms with Gasteiger partial charge in [-0.15, -0.1) is 0 Å². The van der Waals surface area contributed by atoms with Crippen LogP contribution in [0.5, 0.6) is 0 Å². The number of amides is 1. The first-order chi connectivity index (χ1) is 10.0. The van der Waals surface area contributed by atoms with Gasteiger partial charge in [0.05, 0.1) is 6.54 Å². The van der Waals surface area contributed by atoms with Crippen LogP contribution in [0.25, 0.3) is 0 Å². The Morgan fingerprint density at radius 1 is 1.29 bits per heavy atom. The Labute approximate surface area is 121 Å². The summed E-state index contributed by atoms with van der Waals surface area (Å²) < 4.78 is 15.1. The van der Waals surface area contributed by atoms with Crippen molar-refractivity contribution in [2.24, 2.45) is 7.05 Å². The van der Waals surface area contributed by atoms with E-state index < -0.39 is 0 Å². The molecule has 0 N–H and O–H groups in total. The number of hydrogen-bond donors (Lipinski definition) is 0. The zero-order chi connectivity index (χ0) is 15.0. The lowest BCUT2D eigenvalue weighted by molar-refractivity contribution is -0.118. The number of nitrogens with zero attached hydrogens (tertiary/aromatic N) is 2. The van der Waals surface area contributed by atoms with Crippen LogP contribution in [0.4, 0.5) is 10.1 Å². The monoisotopic (exact) mass is 286 g/mol. The molecule has 0 aliphatic carbocycles. The summed E-state index contributed by atoms with van der Waals surface area (Å²) in [5.74, 6) is -0.544. The maximum atomic E-state index is 13.3. The van der Waals surface area contributed by atoms with Crippen molar-refractivity contribution < 1.29 is 14.0 Å². The zero-order valence-corrected chi connectivity index (χ0v) is 11.7. The van der Waals surface area contributed by atoms with E-state index >= 15 is 0 Å². The number of rotatable bonds is 3. The number of aromatic nitrogens is 1. The molecule has 1 aromatic carbocycles. The minimum Gasteiger partial charge on any atom is -0.357 e. The van der Waals surface area contributed by atoms with Crippen LogP contribution in [0.15, 0.2) is 36.7 Å². The van der Waals surface area contributed by atoms with Crippen molar-refractivity contribution in [2.45, 2.75) is 12.8 Å². The Hall–Kier alpha value is -2.43. The molecule has 2 heterocycles. The first-order valence-electron chi connectivity index (χ1n) is 6.78. The summed E-state index contributed by atoms with van der Waals surface area (Å²) in [4.78, 5) is 25.8. The van der Waals surface area contributed by atoms with Gasteiger partial charge in [-0.2, -0.15) is 0 Å². The molecule has 0 unspecified atom stereocenters. The highest BCUT2D eigenvalue weighted by Gasteiger charge is 2.26. The molecule has 0 atom stereocenters. The Morgan fingerprint density at radius 2 is 2.10 bits per heavy atom. The van der Waals surface area contributed by atoms with Crippen LogP contribution >= 0.6 is 0 Å². The molecule has 0 saturated heterocycles. The maximum Gasteiger partial charge on any atom is 0.227 e. The number of benzene rings is 1. The lowest BCUT2D eigenvalue weighted by Crippen LogP contribution is -2.39. The fourth-order valence-electron chi connectivity index (χ4n) is 2.61. The zero-order valence-electron chi connectivity index (χ0n) is 11.7. The summed E-state index contributed by atoms with van der Waals surface area (Å²) >= 11 is 0. The van der Waals surface area contributed by atoms with Crippen LogP contribution in [0.1, 0.15) is 22.3 Å². The Kier molecular flexibility index (Phi) is 3.33. The van der Waals surface area contributed by atoms with Gasteiger partial charge in [0.25, 0.3) is 0 Å².